The van der Waals surface area contributed by atoms with Crippen molar-refractivity contribution in [1.29, 1.82) is 0 Å². The predicted octanol–water partition coefficient (Wildman–Crippen LogP) is 4.01. The third-order valence-electron chi connectivity index (χ3n) is 2.11. The number of benzene rings is 1. The summed E-state index contributed by atoms with van der Waals surface area (Å²) in [5.41, 5.74) is 1.21. The first kappa shape index (κ1) is 11.0. The Kier molecular flexibility index (Phi) is 4.02. The van der Waals surface area contributed by atoms with Crippen LogP contribution in [0.2, 0.25) is 0 Å². The summed E-state index contributed by atoms with van der Waals surface area (Å²) in [6.45, 7) is 1.00. The topological polar surface area (TPSA) is 12.0 Å². The molecular formula is C12H12INS. The average Bonchev–Trinajstić information content (AvgIpc) is 2.71. The lowest BCUT2D eigenvalue weighted by Crippen LogP contribution is -2.03. The third-order valence-corrected chi connectivity index (χ3v) is 3.71. The fraction of sp³-hybridized carbons (Fsp3) is 0.167. The number of anilines is 1. The molecule has 0 fully saturated rings. The van der Waals surface area contributed by atoms with Crippen molar-refractivity contribution in [3.8, 4) is 0 Å². The lowest BCUT2D eigenvalue weighted by molar-refractivity contribution is 1.04. The van der Waals surface area contributed by atoms with Crippen LogP contribution in [0, 0.1) is 3.57 Å². The highest BCUT2D eigenvalue weighted by Crippen LogP contribution is 2.13. The van der Waals surface area contributed by atoms with E-state index in [1.165, 1.54) is 14.1 Å². The summed E-state index contributed by atoms with van der Waals surface area (Å²) in [6, 6.07) is 12.7. The Morgan fingerprint density at radius 2 is 2.13 bits per heavy atom. The molecule has 0 aliphatic heterocycles. The minimum absolute atomic E-state index is 1.00. The van der Waals surface area contributed by atoms with Crippen molar-refractivity contribution in [3.05, 3.63) is 50.2 Å². The molecule has 0 spiro atoms. The highest BCUT2D eigenvalue weighted by Gasteiger charge is 1.95. The van der Waals surface area contributed by atoms with Crippen molar-refractivity contribution in [2.75, 3.05) is 11.9 Å². The average molecular weight is 329 g/mol. The highest BCUT2D eigenvalue weighted by atomic mass is 127. The van der Waals surface area contributed by atoms with E-state index in [1.54, 1.807) is 0 Å². The van der Waals surface area contributed by atoms with Crippen molar-refractivity contribution in [2.45, 2.75) is 6.42 Å². The molecule has 1 nitrogen and oxygen atoms in total. The molecule has 0 radical (unpaired) electrons. The molecule has 2 rings (SSSR count). The van der Waals surface area contributed by atoms with E-state index in [9.17, 15) is 0 Å². The van der Waals surface area contributed by atoms with Gasteiger partial charge in [0.25, 0.3) is 0 Å². The van der Waals surface area contributed by atoms with Gasteiger partial charge < -0.3 is 5.32 Å². The van der Waals surface area contributed by atoms with Crippen molar-refractivity contribution < 1.29 is 0 Å². The quantitative estimate of drug-likeness (QED) is 0.836. The summed E-state index contributed by atoms with van der Waals surface area (Å²) in [5, 5.41) is 5.55. The maximum atomic E-state index is 3.43. The minimum atomic E-state index is 1.00. The van der Waals surface area contributed by atoms with Crippen LogP contribution in [-0.4, -0.2) is 6.54 Å². The summed E-state index contributed by atoms with van der Waals surface area (Å²) in [5.74, 6) is 0. The Morgan fingerprint density at radius 1 is 1.20 bits per heavy atom. The SMILES string of the molecule is Ic1cccc(NCCc2cccs2)c1. The largest absolute Gasteiger partial charge is 0.385 e. The van der Waals surface area contributed by atoms with Gasteiger partial charge in [-0.05, 0) is 58.7 Å². The monoisotopic (exact) mass is 329 g/mol. The number of hydrogen-bond donors (Lipinski definition) is 1. The number of hydrogen-bond acceptors (Lipinski definition) is 2. The molecule has 0 unspecified atom stereocenters. The van der Waals surface area contributed by atoms with E-state index in [1.807, 2.05) is 11.3 Å². The molecule has 0 atom stereocenters. The normalized spacial score (nSPS) is 10.2. The summed E-state index contributed by atoms with van der Waals surface area (Å²) in [7, 11) is 0. The first-order valence-electron chi connectivity index (χ1n) is 4.86. The maximum Gasteiger partial charge on any atom is 0.0350 e. The Balaban J connectivity index is 1.83. The van der Waals surface area contributed by atoms with Crippen LogP contribution in [0.3, 0.4) is 0 Å². The molecule has 0 aliphatic carbocycles. The lowest BCUT2D eigenvalue weighted by atomic mass is 10.3. The number of rotatable bonds is 4. The number of thiophene rings is 1. The van der Waals surface area contributed by atoms with E-state index in [0.717, 1.165) is 13.0 Å². The van der Waals surface area contributed by atoms with Crippen LogP contribution in [0.25, 0.3) is 0 Å². The zero-order valence-corrected chi connectivity index (χ0v) is 11.2. The molecule has 0 bridgehead atoms. The molecule has 1 aromatic heterocycles. The maximum absolute atomic E-state index is 3.43. The molecule has 0 saturated carbocycles. The van der Waals surface area contributed by atoms with E-state index in [4.69, 9.17) is 0 Å². The highest BCUT2D eigenvalue weighted by molar-refractivity contribution is 14.1. The van der Waals surface area contributed by atoms with Gasteiger partial charge in [0.2, 0.25) is 0 Å². The van der Waals surface area contributed by atoms with Gasteiger partial charge in [0.1, 0.15) is 0 Å². The van der Waals surface area contributed by atoms with Crippen LogP contribution < -0.4 is 5.32 Å². The Bertz CT molecular complexity index is 411. The third kappa shape index (κ3) is 3.50. The summed E-state index contributed by atoms with van der Waals surface area (Å²) in [6.07, 6.45) is 1.10. The molecule has 0 aliphatic rings. The van der Waals surface area contributed by atoms with E-state index < -0.39 is 0 Å². The summed E-state index contributed by atoms with van der Waals surface area (Å²) < 4.78 is 1.27. The van der Waals surface area contributed by atoms with Gasteiger partial charge in [-0.15, -0.1) is 11.3 Å². The van der Waals surface area contributed by atoms with Crippen LogP contribution in [0.1, 0.15) is 4.88 Å². The second-order valence-corrected chi connectivity index (χ2v) is 5.54. The van der Waals surface area contributed by atoms with Crippen LogP contribution in [0.4, 0.5) is 5.69 Å². The molecule has 0 saturated heterocycles. The van der Waals surface area contributed by atoms with Gasteiger partial charge in [-0.25, -0.2) is 0 Å². The molecule has 0 amide bonds. The molecule has 3 heteroatoms. The zero-order valence-electron chi connectivity index (χ0n) is 8.24. The van der Waals surface area contributed by atoms with Gasteiger partial charge >= 0.3 is 0 Å². The van der Waals surface area contributed by atoms with Gasteiger partial charge in [0.15, 0.2) is 0 Å². The molecule has 15 heavy (non-hydrogen) atoms. The molecule has 1 aromatic carbocycles. The number of halogens is 1. The fourth-order valence-electron chi connectivity index (χ4n) is 1.38. The lowest BCUT2D eigenvalue weighted by Gasteiger charge is -2.05. The first-order chi connectivity index (χ1) is 7.34. The summed E-state index contributed by atoms with van der Waals surface area (Å²) in [4.78, 5) is 1.44. The smallest absolute Gasteiger partial charge is 0.0350 e. The van der Waals surface area contributed by atoms with E-state index in [0.29, 0.717) is 0 Å². The van der Waals surface area contributed by atoms with Gasteiger partial charge in [0.05, 0.1) is 0 Å². The Morgan fingerprint density at radius 3 is 2.87 bits per heavy atom. The van der Waals surface area contributed by atoms with Crippen LogP contribution in [-0.2, 0) is 6.42 Å². The first-order valence-corrected chi connectivity index (χ1v) is 6.82. The van der Waals surface area contributed by atoms with Gasteiger partial charge in [-0.2, -0.15) is 0 Å². The molecular weight excluding hydrogens is 317 g/mol. The van der Waals surface area contributed by atoms with E-state index >= 15 is 0 Å². The Labute approximate surface area is 108 Å². The second-order valence-electron chi connectivity index (χ2n) is 3.27. The molecule has 1 N–H and O–H groups in total. The fourth-order valence-corrected chi connectivity index (χ4v) is 2.64. The molecule has 78 valence electrons. The van der Waals surface area contributed by atoms with Gasteiger partial charge in [-0.1, -0.05) is 12.1 Å². The Hall–Kier alpha value is -0.550. The van der Waals surface area contributed by atoms with Crippen molar-refractivity contribution in [1.82, 2.24) is 0 Å². The standard InChI is InChI=1S/C12H12INS/c13-10-3-1-4-11(9-10)14-7-6-12-5-2-8-15-12/h1-5,8-9,14H,6-7H2. The summed E-state index contributed by atoms with van der Waals surface area (Å²) >= 11 is 4.15. The van der Waals surface area contributed by atoms with Crippen molar-refractivity contribution >= 4 is 39.6 Å². The van der Waals surface area contributed by atoms with Gasteiger partial charge in [0, 0.05) is 20.7 Å². The van der Waals surface area contributed by atoms with E-state index in [2.05, 4.69) is 69.7 Å². The molecule has 1 heterocycles. The number of nitrogens with one attached hydrogen (secondary N) is 1. The van der Waals surface area contributed by atoms with Crippen LogP contribution in [0.15, 0.2) is 41.8 Å². The zero-order chi connectivity index (χ0) is 10.5. The van der Waals surface area contributed by atoms with Crippen molar-refractivity contribution in [3.63, 3.8) is 0 Å². The second kappa shape index (κ2) is 5.51. The van der Waals surface area contributed by atoms with Crippen LogP contribution >= 0.6 is 33.9 Å². The van der Waals surface area contributed by atoms with Crippen molar-refractivity contribution in [2.24, 2.45) is 0 Å². The van der Waals surface area contributed by atoms with Gasteiger partial charge in [-0.3, -0.25) is 0 Å². The van der Waals surface area contributed by atoms with E-state index in [-0.39, 0.29) is 0 Å². The van der Waals surface area contributed by atoms with Crippen LogP contribution in [0.5, 0.6) is 0 Å². The molecule has 2 aromatic rings. The minimum Gasteiger partial charge on any atom is -0.385 e. The predicted molar refractivity (Wildman–Crippen MR) is 75.7 cm³/mol.